The van der Waals surface area contributed by atoms with Crippen molar-refractivity contribution >= 4 is 41.9 Å². The first-order chi connectivity index (χ1) is 9.70. The Morgan fingerprint density at radius 1 is 1.00 bits per heavy atom. The number of carbonyl (C=O) groups is 1. The second kappa shape index (κ2) is 10.6. The van der Waals surface area contributed by atoms with Gasteiger partial charge in [-0.25, -0.2) is 4.79 Å². The highest BCUT2D eigenvalue weighted by molar-refractivity contribution is 6.79. The van der Waals surface area contributed by atoms with E-state index in [1.54, 1.807) is 0 Å². The normalized spacial score (nSPS) is 12.2. The van der Waals surface area contributed by atoms with Crippen LogP contribution in [0.4, 0.5) is 0 Å². The van der Waals surface area contributed by atoms with Crippen molar-refractivity contribution in [1.29, 1.82) is 0 Å². The van der Waals surface area contributed by atoms with Crippen LogP contribution in [0.1, 0.15) is 6.42 Å². The summed E-state index contributed by atoms with van der Waals surface area (Å²) in [7, 11) is -6.37. The SMILES string of the molecule is C=CC(=O)OCCC[Si](O[SiH](C)C)(O[SiH](C)C)O[SiH](C)C. The Morgan fingerprint density at radius 3 is 1.76 bits per heavy atom. The third-order valence-electron chi connectivity index (χ3n) is 2.28. The molecule has 124 valence electrons. The van der Waals surface area contributed by atoms with Gasteiger partial charge in [-0.3, -0.25) is 0 Å². The van der Waals surface area contributed by atoms with E-state index in [-0.39, 0.29) is 5.97 Å². The fraction of sp³-hybridized carbons (Fsp3) is 0.750. The Hall–Kier alpha value is -0.0425. The first kappa shape index (κ1) is 21.0. The number of rotatable bonds is 11. The summed E-state index contributed by atoms with van der Waals surface area (Å²) in [5.41, 5.74) is 0. The van der Waals surface area contributed by atoms with Crippen molar-refractivity contribution in [3.63, 3.8) is 0 Å². The molecule has 0 aliphatic heterocycles. The lowest BCUT2D eigenvalue weighted by Crippen LogP contribution is -2.53. The second-order valence-electron chi connectivity index (χ2n) is 5.66. The Labute approximate surface area is 135 Å². The summed E-state index contributed by atoms with van der Waals surface area (Å²) in [5, 5.41) is 0. The van der Waals surface area contributed by atoms with Gasteiger partial charge < -0.3 is 17.1 Å². The predicted molar refractivity (Wildman–Crippen MR) is 96.2 cm³/mol. The fourth-order valence-corrected chi connectivity index (χ4v) is 14.6. The van der Waals surface area contributed by atoms with Crippen molar-refractivity contribution in [1.82, 2.24) is 0 Å². The highest BCUT2D eigenvalue weighted by atomic mass is 28.5. The van der Waals surface area contributed by atoms with Crippen LogP contribution in [0.25, 0.3) is 0 Å². The molecule has 0 aromatic heterocycles. The molecule has 0 aromatic carbocycles. The van der Waals surface area contributed by atoms with Crippen LogP contribution < -0.4 is 0 Å². The van der Waals surface area contributed by atoms with Gasteiger partial charge in [-0.2, -0.15) is 0 Å². The monoisotopic (exact) mass is 366 g/mol. The largest absolute Gasteiger partial charge is 0.469 e. The Bertz CT molecular complexity index is 296. The molecule has 0 spiro atoms. The van der Waals surface area contributed by atoms with Gasteiger partial charge in [0.1, 0.15) is 0 Å². The molecule has 0 saturated heterocycles. The molecule has 0 amide bonds. The lowest BCUT2D eigenvalue weighted by molar-refractivity contribution is -0.137. The predicted octanol–water partition coefficient (Wildman–Crippen LogP) is 2.04. The van der Waals surface area contributed by atoms with E-state index >= 15 is 0 Å². The molecule has 0 bridgehead atoms. The van der Waals surface area contributed by atoms with E-state index in [1.165, 1.54) is 6.08 Å². The zero-order valence-electron chi connectivity index (χ0n) is 14.2. The molecular formula is C12H30O5Si4. The van der Waals surface area contributed by atoms with E-state index < -0.39 is 35.9 Å². The van der Waals surface area contributed by atoms with Crippen LogP contribution in [0.2, 0.25) is 45.3 Å². The topological polar surface area (TPSA) is 54.0 Å². The molecular weight excluding hydrogens is 336 g/mol. The van der Waals surface area contributed by atoms with Crippen molar-refractivity contribution in [2.24, 2.45) is 0 Å². The van der Waals surface area contributed by atoms with E-state index in [0.717, 1.165) is 6.04 Å². The van der Waals surface area contributed by atoms with E-state index in [4.69, 9.17) is 17.1 Å². The summed E-state index contributed by atoms with van der Waals surface area (Å²) in [6, 6.07) is 0.721. The van der Waals surface area contributed by atoms with Crippen molar-refractivity contribution in [3.8, 4) is 0 Å². The van der Waals surface area contributed by atoms with Crippen LogP contribution in [0.15, 0.2) is 12.7 Å². The molecule has 5 nitrogen and oxygen atoms in total. The second-order valence-corrected chi connectivity index (χ2v) is 16.6. The van der Waals surface area contributed by atoms with Crippen LogP contribution in [0, 0.1) is 0 Å². The maximum Gasteiger partial charge on any atom is 0.469 e. The molecule has 0 saturated carbocycles. The highest BCUT2D eigenvalue weighted by Crippen LogP contribution is 2.21. The third-order valence-corrected chi connectivity index (χ3v) is 13.2. The van der Waals surface area contributed by atoms with Crippen LogP contribution in [0.5, 0.6) is 0 Å². The van der Waals surface area contributed by atoms with Gasteiger partial charge in [0.05, 0.1) is 6.61 Å². The van der Waals surface area contributed by atoms with Gasteiger partial charge in [0.2, 0.25) is 0 Å². The van der Waals surface area contributed by atoms with Crippen molar-refractivity contribution < 1.29 is 21.9 Å². The van der Waals surface area contributed by atoms with E-state index in [1.807, 2.05) is 0 Å². The summed E-state index contributed by atoms with van der Waals surface area (Å²) in [6.45, 7) is 16.5. The zero-order valence-corrected chi connectivity index (χ0v) is 18.6. The molecule has 21 heavy (non-hydrogen) atoms. The summed E-state index contributed by atoms with van der Waals surface area (Å²) >= 11 is 0. The smallest absolute Gasteiger partial charge is 0.463 e. The van der Waals surface area contributed by atoms with Crippen LogP contribution in [-0.2, 0) is 21.9 Å². The molecule has 0 atom stereocenters. The maximum atomic E-state index is 11.1. The van der Waals surface area contributed by atoms with Crippen molar-refractivity contribution in [3.05, 3.63) is 12.7 Å². The molecule has 0 radical (unpaired) electrons. The first-order valence-corrected chi connectivity index (χ1v) is 17.8. The quantitative estimate of drug-likeness (QED) is 0.242. The van der Waals surface area contributed by atoms with Gasteiger partial charge in [-0.05, 0) is 45.7 Å². The fourth-order valence-electron chi connectivity index (χ4n) is 1.86. The van der Waals surface area contributed by atoms with Crippen LogP contribution >= 0.6 is 0 Å². The number of hydrogen-bond donors (Lipinski definition) is 0. The molecule has 9 heteroatoms. The number of ether oxygens (including phenoxy) is 1. The average molecular weight is 367 g/mol. The maximum absolute atomic E-state index is 11.1. The van der Waals surface area contributed by atoms with E-state index in [0.29, 0.717) is 13.0 Å². The molecule has 0 heterocycles. The van der Waals surface area contributed by atoms with Gasteiger partial charge in [-0.15, -0.1) is 0 Å². The Kier molecular flexibility index (Phi) is 10.6. The summed E-state index contributed by atoms with van der Waals surface area (Å²) in [4.78, 5) is 11.1. The number of esters is 1. The van der Waals surface area contributed by atoms with Crippen LogP contribution in [0.3, 0.4) is 0 Å². The van der Waals surface area contributed by atoms with Crippen molar-refractivity contribution in [2.75, 3.05) is 6.61 Å². The van der Waals surface area contributed by atoms with Gasteiger partial charge in [0, 0.05) is 12.1 Å². The van der Waals surface area contributed by atoms with Gasteiger partial charge in [0.15, 0.2) is 27.1 Å². The summed E-state index contributed by atoms with van der Waals surface area (Å²) < 4.78 is 23.7. The van der Waals surface area contributed by atoms with Gasteiger partial charge in [0.25, 0.3) is 0 Å². The third kappa shape index (κ3) is 10.3. The molecule has 0 fully saturated rings. The minimum absolute atomic E-state index is 0.356. The Balaban J connectivity index is 4.72. The molecule has 0 unspecified atom stereocenters. The van der Waals surface area contributed by atoms with Crippen molar-refractivity contribution in [2.45, 2.75) is 51.7 Å². The molecule has 0 rings (SSSR count). The average Bonchev–Trinajstić information content (AvgIpc) is 2.31. The minimum atomic E-state index is -2.60. The van der Waals surface area contributed by atoms with Gasteiger partial charge >= 0.3 is 14.8 Å². The lowest BCUT2D eigenvalue weighted by atomic mass is 10.5. The first-order valence-electron chi connectivity index (χ1n) is 7.53. The molecule has 0 N–H and O–H groups in total. The minimum Gasteiger partial charge on any atom is -0.463 e. The standard InChI is InChI=1S/C12H30O5Si4/c1-8-12(13)14-10-9-11-21(15-18(2)3,16-19(4)5)17-20(6)7/h8,18-20H,1,9-11H2,2-7H3. The number of hydrogen-bond acceptors (Lipinski definition) is 5. The molecule has 0 aliphatic rings. The Morgan fingerprint density at radius 2 is 1.43 bits per heavy atom. The van der Waals surface area contributed by atoms with E-state index in [9.17, 15) is 4.79 Å². The summed E-state index contributed by atoms with van der Waals surface area (Å²) in [6.07, 6.45) is 1.88. The number of carbonyl (C=O) groups excluding carboxylic acids is 1. The zero-order chi connectivity index (χ0) is 16.5. The molecule has 0 aromatic rings. The van der Waals surface area contributed by atoms with E-state index in [2.05, 4.69) is 45.9 Å². The lowest BCUT2D eigenvalue weighted by Gasteiger charge is -2.35. The highest BCUT2D eigenvalue weighted by Gasteiger charge is 2.42. The van der Waals surface area contributed by atoms with Crippen LogP contribution in [-0.4, -0.2) is 48.5 Å². The summed E-state index contributed by atoms with van der Waals surface area (Å²) in [5.74, 6) is -0.389. The molecule has 0 aliphatic carbocycles. The van der Waals surface area contributed by atoms with Gasteiger partial charge in [-0.1, -0.05) is 6.58 Å².